The van der Waals surface area contributed by atoms with Crippen molar-refractivity contribution in [2.75, 3.05) is 0 Å². The number of aliphatic carboxylic acids is 1. The highest BCUT2D eigenvalue weighted by Gasteiger charge is 2.66. The molecule has 5 fully saturated rings. The zero-order chi connectivity index (χ0) is 26.3. The Bertz CT molecular complexity index is 912. The molecule has 0 aromatic heterocycles. The van der Waals surface area contributed by atoms with Crippen molar-refractivity contribution in [3.63, 3.8) is 0 Å². The number of ether oxygens (including phenoxy) is 1. The lowest BCUT2D eigenvalue weighted by molar-refractivity contribution is -0.219. The predicted octanol–water partition coefficient (Wildman–Crippen LogP) is 6.58. The third-order valence-electron chi connectivity index (χ3n) is 13.0. The maximum atomic E-state index is 12.8. The molecule has 0 heterocycles. The second-order valence-electron chi connectivity index (χ2n) is 15.5. The fourth-order valence-corrected chi connectivity index (χ4v) is 11.1. The molecule has 0 aliphatic heterocycles. The number of nitrogens with two attached hydrogens (primary N) is 1. The highest BCUT2D eigenvalue weighted by molar-refractivity contribution is 5.81. The van der Waals surface area contributed by atoms with Gasteiger partial charge in [0.2, 0.25) is 0 Å². The summed E-state index contributed by atoms with van der Waals surface area (Å²) in [7, 11) is 0. The summed E-state index contributed by atoms with van der Waals surface area (Å²) in [4.78, 5) is 24.4. The molecule has 5 saturated carbocycles. The first kappa shape index (κ1) is 26.5. The lowest BCUT2D eigenvalue weighted by Crippen LogP contribution is -2.64. The summed E-state index contributed by atoms with van der Waals surface area (Å²) in [5.41, 5.74) is 6.54. The van der Waals surface area contributed by atoms with E-state index in [-0.39, 0.29) is 34.9 Å². The Balaban J connectivity index is 1.34. The van der Waals surface area contributed by atoms with E-state index in [1.54, 1.807) is 13.8 Å². The van der Waals surface area contributed by atoms with Crippen molar-refractivity contribution in [1.82, 2.24) is 0 Å². The van der Waals surface area contributed by atoms with Crippen molar-refractivity contribution in [2.24, 2.45) is 57.0 Å². The van der Waals surface area contributed by atoms with Gasteiger partial charge in [0.15, 0.2) is 0 Å². The molecule has 9 atom stereocenters. The smallest absolute Gasteiger partial charge is 0.309 e. The van der Waals surface area contributed by atoms with E-state index in [9.17, 15) is 14.7 Å². The van der Waals surface area contributed by atoms with E-state index in [4.69, 9.17) is 10.5 Å². The minimum atomic E-state index is -1.10. The van der Waals surface area contributed by atoms with Crippen LogP contribution in [0, 0.1) is 51.2 Å². The Morgan fingerprint density at radius 2 is 1.56 bits per heavy atom. The van der Waals surface area contributed by atoms with Crippen LogP contribution in [0.5, 0.6) is 0 Å². The fourth-order valence-electron chi connectivity index (χ4n) is 11.1. The van der Waals surface area contributed by atoms with Crippen LogP contribution in [0.1, 0.15) is 119 Å². The summed E-state index contributed by atoms with van der Waals surface area (Å²) in [5.74, 6) is 2.28. The van der Waals surface area contributed by atoms with Gasteiger partial charge in [0.05, 0.1) is 11.8 Å². The molecule has 0 amide bonds. The Morgan fingerprint density at radius 1 is 0.861 bits per heavy atom. The number of carboxylic acids is 1. The predicted molar refractivity (Wildman–Crippen MR) is 141 cm³/mol. The first-order valence-corrected chi connectivity index (χ1v) is 14.9. The van der Waals surface area contributed by atoms with E-state index in [2.05, 4.69) is 27.7 Å². The molecule has 0 aromatic rings. The molecule has 5 aliphatic carbocycles. The van der Waals surface area contributed by atoms with Crippen LogP contribution < -0.4 is 5.73 Å². The molecule has 0 spiro atoms. The van der Waals surface area contributed by atoms with Gasteiger partial charge in [0, 0.05) is 11.0 Å². The zero-order valence-corrected chi connectivity index (χ0v) is 23.7. The molecule has 0 bridgehead atoms. The van der Waals surface area contributed by atoms with Crippen LogP contribution in [-0.4, -0.2) is 28.7 Å². The molecule has 5 heteroatoms. The number of carbonyl (C=O) groups is 2. The molecule has 5 nitrogen and oxygen atoms in total. The number of rotatable bonds is 4. The van der Waals surface area contributed by atoms with Crippen LogP contribution in [0.2, 0.25) is 0 Å². The van der Waals surface area contributed by atoms with Crippen molar-refractivity contribution in [1.29, 1.82) is 0 Å². The lowest BCUT2D eigenvalue weighted by atomic mass is 9.36. The standard InChI is InChI=1S/C31H51NO4/c1-27(2,26(34)35)18-25(33)36-24-13-16-30(6)22(28(24,3)4)12-15-29(5)20-11-17-31(32)14-7-8-21(31)19(20)9-10-23(29)30/h19-24H,7-18,32H2,1-6H3,(H,34,35). The average molecular weight is 502 g/mol. The van der Waals surface area contributed by atoms with Gasteiger partial charge in [-0.1, -0.05) is 34.1 Å². The molecule has 9 unspecified atom stereocenters. The quantitative estimate of drug-likeness (QED) is 0.425. The summed E-state index contributed by atoms with van der Waals surface area (Å²) < 4.78 is 6.08. The second-order valence-corrected chi connectivity index (χ2v) is 15.5. The number of esters is 1. The van der Waals surface area contributed by atoms with Gasteiger partial charge in [0.1, 0.15) is 6.10 Å². The van der Waals surface area contributed by atoms with Crippen LogP contribution in [0.3, 0.4) is 0 Å². The normalized spacial score (nSPS) is 47.6. The Labute approximate surface area is 218 Å². The lowest BCUT2D eigenvalue weighted by Gasteiger charge is -2.69. The molecular weight excluding hydrogens is 450 g/mol. The number of carboxylic acid groups (broad SMARTS) is 1. The van der Waals surface area contributed by atoms with Gasteiger partial charge in [-0.05, 0) is 118 Å². The van der Waals surface area contributed by atoms with E-state index < -0.39 is 11.4 Å². The van der Waals surface area contributed by atoms with Crippen molar-refractivity contribution in [3.05, 3.63) is 0 Å². The monoisotopic (exact) mass is 501 g/mol. The van der Waals surface area contributed by atoms with E-state index in [1.807, 2.05) is 0 Å². The van der Waals surface area contributed by atoms with Gasteiger partial charge >= 0.3 is 11.9 Å². The van der Waals surface area contributed by atoms with Gasteiger partial charge < -0.3 is 15.6 Å². The fraction of sp³-hybridized carbons (Fsp3) is 0.935. The first-order chi connectivity index (χ1) is 16.7. The largest absolute Gasteiger partial charge is 0.481 e. The molecule has 204 valence electrons. The molecule has 0 radical (unpaired) electrons. The van der Waals surface area contributed by atoms with E-state index in [0.29, 0.717) is 11.3 Å². The number of fused-ring (bicyclic) bond motifs is 7. The van der Waals surface area contributed by atoms with E-state index in [1.165, 1.54) is 57.8 Å². The molecule has 0 saturated heterocycles. The average Bonchev–Trinajstić information content (AvgIpc) is 3.17. The third kappa shape index (κ3) is 3.80. The summed E-state index contributed by atoms with van der Waals surface area (Å²) in [6.07, 6.45) is 13.3. The zero-order valence-electron chi connectivity index (χ0n) is 23.7. The molecular formula is C31H51NO4. The number of hydrogen-bond acceptors (Lipinski definition) is 4. The Morgan fingerprint density at radius 3 is 2.25 bits per heavy atom. The van der Waals surface area contributed by atoms with Crippen LogP contribution >= 0.6 is 0 Å². The molecule has 5 aliphatic rings. The summed E-state index contributed by atoms with van der Waals surface area (Å²) in [6, 6.07) is 0. The first-order valence-electron chi connectivity index (χ1n) is 14.9. The van der Waals surface area contributed by atoms with Crippen LogP contribution in [0.15, 0.2) is 0 Å². The van der Waals surface area contributed by atoms with Crippen LogP contribution in [-0.2, 0) is 14.3 Å². The summed E-state index contributed by atoms with van der Waals surface area (Å²) >= 11 is 0. The van der Waals surface area contributed by atoms with Gasteiger partial charge in [-0.2, -0.15) is 0 Å². The maximum absolute atomic E-state index is 12.8. The van der Waals surface area contributed by atoms with Crippen molar-refractivity contribution in [2.45, 2.75) is 130 Å². The maximum Gasteiger partial charge on any atom is 0.309 e. The van der Waals surface area contributed by atoms with Gasteiger partial charge in [-0.3, -0.25) is 9.59 Å². The van der Waals surface area contributed by atoms with Gasteiger partial charge in [0.25, 0.3) is 0 Å². The SMILES string of the molecule is CC(C)(CC(=O)OC1CCC2(C)C(CCC3(C)C4CCC5(N)CCCC5C4CCC32)C1(C)C)C(=O)O. The number of carbonyl (C=O) groups excluding carboxylic acids is 1. The molecule has 5 rings (SSSR count). The van der Waals surface area contributed by atoms with E-state index >= 15 is 0 Å². The minimum Gasteiger partial charge on any atom is -0.481 e. The van der Waals surface area contributed by atoms with Crippen molar-refractivity contribution >= 4 is 11.9 Å². The number of hydrogen-bond donors (Lipinski definition) is 2. The summed E-state index contributed by atoms with van der Waals surface area (Å²) in [5, 5.41) is 9.45. The van der Waals surface area contributed by atoms with Gasteiger partial charge in [-0.25, -0.2) is 0 Å². The van der Waals surface area contributed by atoms with Crippen LogP contribution in [0.25, 0.3) is 0 Å². The van der Waals surface area contributed by atoms with Crippen molar-refractivity contribution in [3.8, 4) is 0 Å². The van der Waals surface area contributed by atoms with Crippen molar-refractivity contribution < 1.29 is 19.4 Å². The Kier molecular flexibility index (Phi) is 6.22. The van der Waals surface area contributed by atoms with Crippen LogP contribution in [0.4, 0.5) is 0 Å². The topological polar surface area (TPSA) is 89.6 Å². The summed E-state index contributed by atoms with van der Waals surface area (Å²) in [6.45, 7) is 13.0. The van der Waals surface area contributed by atoms with Gasteiger partial charge in [-0.15, -0.1) is 0 Å². The second kappa shape index (κ2) is 8.45. The molecule has 0 aromatic carbocycles. The molecule has 36 heavy (non-hydrogen) atoms. The third-order valence-corrected chi connectivity index (χ3v) is 13.0. The highest BCUT2D eigenvalue weighted by atomic mass is 16.5. The van der Waals surface area contributed by atoms with E-state index in [0.717, 1.165) is 36.5 Å². The molecule has 3 N–H and O–H groups in total. The minimum absolute atomic E-state index is 0.0790. The highest BCUT2D eigenvalue weighted by Crippen LogP contribution is 2.72. The Hall–Kier alpha value is -1.10.